The summed E-state index contributed by atoms with van der Waals surface area (Å²) in [6.45, 7) is -0.0647. The number of primary sulfonamides is 1. The molecule has 3 heterocycles. The van der Waals surface area contributed by atoms with Gasteiger partial charge in [-0.05, 0) is 43.2 Å². The lowest BCUT2D eigenvalue weighted by atomic mass is 9.76. The molecule has 2 aromatic heterocycles. The van der Waals surface area contributed by atoms with Crippen molar-refractivity contribution in [3.05, 3.63) is 42.2 Å². The number of benzene rings is 1. The maximum absolute atomic E-state index is 14.0. The van der Waals surface area contributed by atoms with Crippen LogP contribution in [0.25, 0.3) is 11.0 Å². The minimum atomic E-state index is -4.52. The molecule has 0 radical (unpaired) electrons. The summed E-state index contributed by atoms with van der Waals surface area (Å²) in [6.07, 6.45) is -0.00352. The van der Waals surface area contributed by atoms with Gasteiger partial charge in [0.15, 0.2) is 0 Å². The summed E-state index contributed by atoms with van der Waals surface area (Å²) in [5, 5.41) is 8.74. The summed E-state index contributed by atoms with van der Waals surface area (Å²) in [5.41, 5.74) is -0.385. The van der Waals surface area contributed by atoms with Crippen LogP contribution in [-0.4, -0.2) is 34.8 Å². The lowest BCUT2D eigenvalue weighted by Crippen LogP contribution is -2.52. The van der Waals surface area contributed by atoms with Crippen LogP contribution in [0, 0.1) is 0 Å². The van der Waals surface area contributed by atoms with Crippen LogP contribution in [0.2, 0.25) is 0 Å². The first-order valence-corrected chi connectivity index (χ1v) is 12.0. The molecule has 3 aromatic rings. The third kappa shape index (κ3) is 3.76. The third-order valence-electron chi connectivity index (χ3n) is 6.27. The van der Waals surface area contributed by atoms with Crippen molar-refractivity contribution >= 4 is 38.4 Å². The van der Waals surface area contributed by atoms with E-state index in [1.807, 2.05) is 0 Å². The molecule has 1 aliphatic heterocycles. The van der Waals surface area contributed by atoms with Crippen molar-refractivity contribution in [2.24, 2.45) is 10.1 Å². The molecule has 12 heteroatoms. The van der Waals surface area contributed by atoms with Gasteiger partial charge in [-0.2, -0.15) is 18.2 Å². The first-order chi connectivity index (χ1) is 15.6. The highest BCUT2D eigenvalue weighted by molar-refractivity contribution is 7.89. The fourth-order valence-corrected chi connectivity index (χ4v) is 5.43. The maximum Gasteiger partial charge on any atom is 0.431 e. The number of anilines is 2. The molecule has 0 amide bonds. The second kappa shape index (κ2) is 7.52. The Labute approximate surface area is 187 Å². The van der Waals surface area contributed by atoms with Gasteiger partial charge in [0.05, 0.1) is 17.0 Å². The fraction of sp³-hybridized carbons (Fsp3) is 0.381. The Hall–Kier alpha value is -2.99. The van der Waals surface area contributed by atoms with E-state index in [2.05, 4.69) is 20.3 Å². The van der Waals surface area contributed by atoms with Crippen LogP contribution in [0.4, 0.5) is 24.8 Å². The smallest absolute Gasteiger partial charge is 0.324 e. The Morgan fingerprint density at radius 1 is 1.09 bits per heavy atom. The Kier molecular flexibility index (Phi) is 4.98. The quantitative estimate of drug-likeness (QED) is 0.591. The number of halogens is 3. The highest BCUT2D eigenvalue weighted by Gasteiger charge is 2.54. The molecule has 1 aliphatic carbocycles. The van der Waals surface area contributed by atoms with Gasteiger partial charge in [0.2, 0.25) is 16.0 Å². The second-order valence-electron chi connectivity index (χ2n) is 8.39. The van der Waals surface area contributed by atoms with Crippen LogP contribution in [0.1, 0.15) is 37.8 Å². The summed E-state index contributed by atoms with van der Waals surface area (Å²) in [7, 11) is -3.82. The molecule has 3 N–H and O–H groups in total. The monoisotopic (exact) mass is 478 g/mol. The number of hydrogen-bond donors (Lipinski definition) is 2. The SMILES string of the molecule is NS(=O)(=O)c1ccc(Nc2ncc3cc4n(c3n2)C2(CCCCC2)C(C(F)(F)F)=NC4)cc1. The zero-order chi connectivity index (χ0) is 23.4. The van der Waals surface area contributed by atoms with Gasteiger partial charge >= 0.3 is 6.18 Å². The lowest BCUT2D eigenvalue weighted by molar-refractivity contribution is -0.0688. The fourth-order valence-electron chi connectivity index (χ4n) is 4.92. The zero-order valence-corrected chi connectivity index (χ0v) is 18.2. The summed E-state index contributed by atoms with van der Waals surface area (Å²) < 4.78 is 66.6. The van der Waals surface area contributed by atoms with E-state index in [4.69, 9.17) is 5.14 Å². The molecule has 0 saturated heterocycles. The molecule has 1 saturated carbocycles. The van der Waals surface area contributed by atoms with Crippen molar-refractivity contribution in [3.63, 3.8) is 0 Å². The van der Waals surface area contributed by atoms with Crippen molar-refractivity contribution < 1.29 is 21.6 Å². The van der Waals surface area contributed by atoms with Gasteiger partial charge in [0.25, 0.3) is 0 Å². The number of nitrogens with one attached hydrogen (secondary N) is 1. The number of sulfonamides is 1. The molecule has 5 rings (SSSR count). The van der Waals surface area contributed by atoms with Gasteiger partial charge in [0, 0.05) is 23.0 Å². The topological polar surface area (TPSA) is 115 Å². The molecule has 33 heavy (non-hydrogen) atoms. The number of rotatable bonds is 3. The summed E-state index contributed by atoms with van der Waals surface area (Å²) in [4.78, 5) is 12.8. The molecule has 0 bridgehead atoms. The highest BCUT2D eigenvalue weighted by Crippen LogP contribution is 2.46. The van der Waals surface area contributed by atoms with Gasteiger partial charge in [-0.3, -0.25) is 4.99 Å². The van der Waals surface area contributed by atoms with E-state index in [1.165, 1.54) is 24.3 Å². The van der Waals surface area contributed by atoms with E-state index < -0.39 is 27.5 Å². The summed E-state index contributed by atoms with van der Waals surface area (Å²) in [6, 6.07) is 7.51. The molecular weight excluding hydrogens is 457 g/mol. The maximum atomic E-state index is 14.0. The predicted octanol–water partition coefficient (Wildman–Crippen LogP) is 4.00. The van der Waals surface area contributed by atoms with E-state index in [9.17, 15) is 21.6 Å². The second-order valence-corrected chi connectivity index (χ2v) is 9.95. The van der Waals surface area contributed by atoms with Crippen molar-refractivity contribution in [1.82, 2.24) is 14.5 Å². The molecule has 1 aromatic carbocycles. The number of nitrogens with zero attached hydrogens (tertiary/aromatic N) is 4. The van der Waals surface area contributed by atoms with Gasteiger partial charge in [0.1, 0.15) is 11.4 Å². The average molecular weight is 479 g/mol. The summed E-state index contributed by atoms with van der Waals surface area (Å²) in [5.74, 6) is 0.189. The molecule has 8 nitrogen and oxygen atoms in total. The number of aromatic nitrogens is 3. The van der Waals surface area contributed by atoms with Crippen molar-refractivity contribution in [1.29, 1.82) is 0 Å². The van der Waals surface area contributed by atoms with Crippen LogP contribution in [0.15, 0.2) is 46.4 Å². The molecule has 2 aliphatic rings. The minimum Gasteiger partial charge on any atom is -0.324 e. The van der Waals surface area contributed by atoms with E-state index in [0.717, 1.165) is 6.42 Å². The first-order valence-electron chi connectivity index (χ1n) is 10.5. The Bertz CT molecular complexity index is 1360. The third-order valence-corrected chi connectivity index (χ3v) is 7.20. The van der Waals surface area contributed by atoms with Gasteiger partial charge in [-0.15, -0.1) is 0 Å². The normalized spacial score (nSPS) is 18.2. The number of alkyl halides is 3. The van der Waals surface area contributed by atoms with Crippen LogP contribution >= 0.6 is 0 Å². The van der Waals surface area contributed by atoms with Gasteiger partial charge < -0.3 is 9.88 Å². The van der Waals surface area contributed by atoms with E-state index in [1.54, 1.807) is 16.8 Å². The van der Waals surface area contributed by atoms with E-state index in [-0.39, 0.29) is 17.4 Å². The van der Waals surface area contributed by atoms with E-state index >= 15 is 0 Å². The first kappa shape index (κ1) is 21.8. The average Bonchev–Trinajstić information content (AvgIpc) is 3.12. The molecule has 0 atom stereocenters. The van der Waals surface area contributed by atoms with Crippen molar-refractivity contribution in [3.8, 4) is 0 Å². The van der Waals surface area contributed by atoms with Crippen LogP contribution in [-0.2, 0) is 22.1 Å². The Balaban J connectivity index is 1.57. The number of nitrogens with two attached hydrogens (primary N) is 1. The lowest BCUT2D eigenvalue weighted by Gasteiger charge is -2.43. The van der Waals surface area contributed by atoms with Gasteiger partial charge in [-0.1, -0.05) is 19.3 Å². The standard InChI is InChI=1S/C21H21F3N6O2S/c22-21(23,24)18-20(8-2-1-3-9-20)30-15(12-26-18)10-13-11-27-19(29-17(13)30)28-14-4-6-16(7-5-14)33(25,31)32/h4-7,10-11H,1-3,8-9,12H2,(H2,25,31,32)(H,27,28,29). The highest BCUT2D eigenvalue weighted by atomic mass is 32.2. The van der Waals surface area contributed by atoms with Crippen LogP contribution in [0.5, 0.6) is 0 Å². The van der Waals surface area contributed by atoms with Crippen molar-refractivity contribution in [2.45, 2.75) is 55.3 Å². The Morgan fingerprint density at radius 2 is 1.79 bits per heavy atom. The Morgan fingerprint density at radius 3 is 2.42 bits per heavy atom. The number of fused-ring (bicyclic) bond motifs is 4. The predicted molar refractivity (Wildman–Crippen MR) is 117 cm³/mol. The van der Waals surface area contributed by atoms with E-state index in [0.29, 0.717) is 48.1 Å². The number of aliphatic imine (C=N–C) groups is 1. The van der Waals surface area contributed by atoms with Crippen LogP contribution in [0.3, 0.4) is 0 Å². The molecule has 0 unspecified atom stereocenters. The van der Waals surface area contributed by atoms with Crippen molar-refractivity contribution in [2.75, 3.05) is 5.32 Å². The van der Waals surface area contributed by atoms with Gasteiger partial charge in [-0.25, -0.2) is 18.5 Å². The minimum absolute atomic E-state index is 0.0386. The largest absolute Gasteiger partial charge is 0.431 e. The molecule has 1 fully saturated rings. The molecule has 174 valence electrons. The van der Waals surface area contributed by atoms with Crippen LogP contribution < -0.4 is 10.5 Å². The molecule has 1 spiro atoms. The zero-order valence-electron chi connectivity index (χ0n) is 17.4. The molecular formula is C21H21F3N6O2S. The number of hydrogen-bond acceptors (Lipinski definition) is 6. The summed E-state index contributed by atoms with van der Waals surface area (Å²) >= 11 is 0.